The highest BCUT2D eigenvalue weighted by molar-refractivity contribution is 8.15. The summed E-state index contributed by atoms with van der Waals surface area (Å²) in [6.45, 7) is 4.71. The van der Waals surface area contributed by atoms with E-state index in [1.54, 1.807) is 47.4 Å². The average molecular weight is 456 g/mol. The van der Waals surface area contributed by atoms with Crippen molar-refractivity contribution in [3.05, 3.63) is 54.1 Å². The van der Waals surface area contributed by atoms with Crippen LogP contribution in [0, 0.1) is 0 Å². The molecule has 0 radical (unpaired) electrons. The van der Waals surface area contributed by atoms with Gasteiger partial charge in [0.1, 0.15) is 11.0 Å². The first-order chi connectivity index (χ1) is 15.4. The van der Waals surface area contributed by atoms with Crippen LogP contribution in [-0.2, 0) is 14.3 Å². The Morgan fingerprint density at radius 1 is 1.19 bits per heavy atom. The normalized spacial score (nSPS) is 17.2. The molecule has 3 rings (SSSR count). The summed E-state index contributed by atoms with van der Waals surface area (Å²) < 4.78 is 10.2. The number of ether oxygens (including phenoxy) is 2. The maximum atomic E-state index is 12.9. The minimum atomic E-state index is -0.617. The van der Waals surface area contributed by atoms with Crippen LogP contribution < -0.4 is 10.1 Å². The number of benzene rings is 2. The minimum Gasteiger partial charge on any atom is -0.494 e. The Morgan fingerprint density at radius 2 is 1.94 bits per heavy atom. The standard InChI is InChI=1S/C23H25N3O5S/c1-4-26-20(27)14-19(21(28)24-17-7-6-8-18(13-17)31-5-2)32-23(26)25-16-11-9-15(10-12-16)22(29)30-3/h6-13,19H,4-5,14H2,1-3H3,(H,24,28). The number of amides is 2. The molecule has 0 aliphatic carbocycles. The van der Waals surface area contributed by atoms with E-state index in [0.29, 0.717) is 41.0 Å². The zero-order valence-corrected chi connectivity index (χ0v) is 19.0. The number of carbonyl (C=O) groups is 3. The molecular weight excluding hydrogens is 430 g/mol. The molecule has 168 valence electrons. The number of carbonyl (C=O) groups excluding carboxylic acids is 3. The Bertz CT molecular complexity index is 1020. The van der Waals surface area contributed by atoms with Crippen molar-refractivity contribution >= 4 is 46.1 Å². The molecule has 2 amide bonds. The van der Waals surface area contributed by atoms with Gasteiger partial charge in [-0.25, -0.2) is 9.79 Å². The number of rotatable bonds is 7. The van der Waals surface area contributed by atoms with Crippen LogP contribution in [-0.4, -0.2) is 53.4 Å². The summed E-state index contributed by atoms with van der Waals surface area (Å²) >= 11 is 1.24. The smallest absolute Gasteiger partial charge is 0.337 e. The number of methoxy groups -OCH3 is 1. The molecule has 0 saturated carbocycles. The summed E-state index contributed by atoms with van der Waals surface area (Å²) in [5.74, 6) is -0.222. The van der Waals surface area contributed by atoms with Gasteiger partial charge in [-0.3, -0.25) is 14.5 Å². The second-order valence-electron chi connectivity index (χ2n) is 6.83. The van der Waals surface area contributed by atoms with Gasteiger partial charge >= 0.3 is 5.97 Å². The minimum absolute atomic E-state index is 0.0792. The first-order valence-electron chi connectivity index (χ1n) is 10.2. The van der Waals surface area contributed by atoms with Gasteiger partial charge in [0, 0.05) is 24.7 Å². The second-order valence-corrected chi connectivity index (χ2v) is 8.00. The lowest BCUT2D eigenvalue weighted by atomic mass is 10.2. The predicted molar refractivity (Wildman–Crippen MR) is 125 cm³/mol. The molecule has 1 unspecified atom stereocenters. The van der Waals surface area contributed by atoms with E-state index < -0.39 is 11.2 Å². The Balaban J connectivity index is 1.77. The summed E-state index contributed by atoms with van der Waals surface area (Å²) in [7, 11) is 1.32. The molecule has 2 aromatic carbocycles. The number of aliphatic imine (C=N–C) groups is 1. The maximum Gasteiger partial charge on any atom is 0.337 e. The monoisotopic (exact) mass is 455 g/mol. The van der Waals surface area contributed by atoms with E-state index in [-0.39, 0.29) is 18.2 Å². The molecule has 0 bridgehead atoms. The average Bonchev–Trinajstić information content (AvgIpc) is 2.79. The highest BCUT2D eigenvalue weighted by atomic mass is 32.2. The third-order valence-corrected chi connectivity index (χ3v) is 5.86. The molecule has 32 heavy (non-hydrogen) atoms. The van der Waals surface area contributed by atoms with Crippen molar-refractivity contribution in [2.24, 2.45) is 4.99 Å². The molecule has 1 N–H and O–H groups in total. The molecule has 8 nitrogen and oxygen atoms in total. The van der Waals surface area contributed by atoms with Gasteiger partial charge in [0.25, 0.3) is 0 Å². The van der Waals surface area contributed by atoms with Gasteiger partial charge in [0.05, 0.1) is 25.0 Å². The molecule has 0 spiro atoms. The molecule has 1 fully saturated rings. The number of nitrogens with zero attached hydrogens (tertiary/aromatic N) is 2. The number of esters is 1. The number of anilines is 1. The van der Waals surface area contributed by atoms with Crippen LogP contribution in [0.25, 0.3) is 0 Å². The number of thioether (sulfide) groups is 1. The molecule has 1 aliphatic rings. The van der Waals surface area contributed by atoms with Crippen LogP contribution in [0.4, 0.5) is 11.4 Å². The summed E-state index contributed by atoms with van der Waals surface area (Å²) in [6.07, 6.45) is 0.0792. The fourth-order valence-corrected chi connectivity index (χ4v) is 4.27. The Kier molecular flexibility index (Phi) is 7.88. The summed E-state index contributed by atoms with van der Waals surface area (Å²) in [5.41, 5.74) is 1.57. The van der Waals surface area contributed by atoms with Gasteiger partial charge in [-0.1, -0.05) is 17.8 Å². The van der Waals surface area contributed by atoms with Crippen molar-refractivity contribution in [1.82, 2.24) is 4.90 Å². The zero-order valence-electron chi connectivity index (χ0n) is 18.2. The van der Waals surface area contributed by atoms with Gasteiger partial charge in [-0.05, 0) is 50.2 Å². The van der Waals surface area contributed by atoms with Crippen molar-refractivity contribution < 1.29 is 23.9 Å². The van der Waals surface area contributed by atoms with Crippen LogP contribution in [0.1, 0.15) is 30.6 Å². The Labute approximate surface area is 191 Å². The maximum absolute atomic E-state index is 12.9. The Hall–Kier alpha value is -3.33. The SMILES string of the molecule is CCOc1cccc(NC(=O)C2CC(=O)N(CC)C(=Nc3ccc(C(=O)OC)cc3)S2)c1. The fourth-order valence-electron chi connectivity index (χ4n) is 3.11. The predicted octanol–water partition coefficient (Wildman–Crippen LogP) is 3.85. The highest BCUT2D eigenvalue weighted by Gasteiger charge is 2.35. The summed E-state index contributed by atoms with van der Waals surface area (Å²) in [4.78, 5) is 43.3. The molecule has 1 heterocycles. The van der Waals surface area contributed by atoms with Crippen LogP contribution in [0.3, 0.4) is 0 Å². The summed E-state index contributed by atoms with van der Waals surface area (Å²) in [6, 6.07) is 13.7. The highest BCUT2D eigenvalue weighted by Crippen LogP contribution is 2.30. The molecule has 1 saturated heterocycles. The molecule has 2 aromatic rings. The van der Waals surface area contributed by atoms with E-state index in [1.165, 1.54) is 18.9 Å². The van der Waals surface area contributed by atoms with E-state index in [1.807, 2.05) is 19.9 Å². The van der Waals surface area contributed by atoms with E-state index in [9.17, 15) is 14.4 Å². The van der Waals surface area contributed by atoms with Crippen molar-refractivity contribution in [2.45, 2.75) is 25.5 Å². The topological polar surface area (TPSA) is 97.3 Å². The lowest BCUT2D eigenvalue weighted by Gasteiger charge is -2.30. The van der Waals surface area contributed by atoms with Crippen molar-refractivity contribution in [3.8, 4) is 5.75 Å². The molecule has 9 heteroatoms. The first kappa shape index (κ1) is 23.3. The number of hydrogen-bond donors (Lipinski definition) is 1. The molecule has 0 aromatic heterocycles. The van der Waals surface area contributed by atoms with Crippen molar-refractivity contribution in [1.29, 1.82) is 0 Å². The third kappa shape index (κ3) is 5.67. The van der Waals surface area contributed by atoms with E-state index >= 15 is 0 Å². The first-order valence-corrected chi connectivity index (χ1v) is 11.1. The third-order valence-electron chi connectivity index (χ3n) is 4.67. The van der Waals surface area contributed by atoms with Gasteiger partial charge in [-0.15, -0.1) is 0 Å². The Morgan fingerprint density at radius 3 is 2.59 bits per heavy atom. The fraction of sp³-hybridized carbons (Fsp3) is 0.304. The molecular formula is C23H25N3O5S. The van der Waals surface area contributed by atoms with Crippen molar-refractivity contribution in [2.75, 3.05) is 25.6 Å². The van der Waals surface area contributed by atoms with Gasteiger partial charge in [0.2, 0.25) is 11.8 Å². The van der Waals surface area contributed by atoms with Crippen LogP contribution in [0.2, 0.25) is 0 Å². The van der Waals surface area contributed by atoms with Crippen LogP contribution in [0.15, 0.2) is 53.5 Å². The number of nitrogens with one attached hydrogen (secondary N) is 1. The quantitative estimate of drug-likeness (QED) is 0.637. The number of amidine groups is 1. The van der Waals surface area contributed by atoms with Crippen molar-refractivity contribution in [3.63, 3.8) is 0 Å². The van der Waals surface area contributed by atoms with Gasteiger partial charge in [0.15, 0.2) is 5.17 Å². The van der Waals surface area contributed by atoms with Gasteiger partial charge < -0.3 is 14.8 Å². The zero-order chi connectivity index (χ0) is 23.1. The lowest BCUT2D eigenvalue weighted by molar-refractivity contribution is -0.129. The number of hydrogen-bond acceptors (Lipinski definition) is 7. The van der Waals surface area contributed by atoms with E-state index in [4.69, 9.17) is 9.47 Å². The van der Waals surface area contributed by atoms with E-state index in [0.717, 1.165) is 0 Å². The van der Waals surface area contributed by atoms with Crippen LogP contribution >= 0.6 is 11.8 Å². The summed E-state index contributed by atoms with van der Waals surface area (Å²) in [5, 5.41) is 2.68. The lowest BCUT2D eigenvalue weighted by Crippen LogP contribution is -2.45. The second kappa shape index (κ2) is 10.8. The molecule has 1 aliphatic heterocycles. The van der Waals surface area contributed by atoms with Gasteiger partial charge in [-0.2, -0.15) is 0 Å². The largest absolute Gasteiger partial charge is 0.494 e. The van der Waals surface area contributed by atoms with E-state index in [2.05, 4.69) is 10.3 Å². The molecule has 1 atom stereocenters. The van der Waals surface area contributed by atoms with Crippen LogP contribution in [0.5, 0.6) is 5.75 Å².